The Labute approximate surface area is 167 Å². The third kappa shape index (κ3) is 3.78. The van der Waals surface area contributed by atoms with Gasteiger partial charge in [0.2, 0.25) is 5.91 Å². The summed E-state index contributed by atoms with van der Waals surface area (Å²) in [5, 5.41) is 7.80. The number of hydrogen-bond donors (Lipinski definition) is 2. The van der Waals surface area contributed by atoms with E-state index in [4.69, 9.17) is 9.15 Å². The summed E-state index contributed by atoms with van der Waals surface area (Å²) < 4.78 is 11.3. The molecule has 6 heteroatoms. The van der Waals surface area contributed by atoms with E-state index in [1.54, 1.807) is 37.4 Å². The van der Waals surface area contributed by atoms with Gasteiger partial charge in [-0.2, -0.15) is 0 Å². The molecule has 1 heterocycles. The number of furan rings is 1. The number of ether oxygens (including phenoxy) is 1. The zero-order valence-corrected chi connectivity index (χ0v) is 16.1. The largest absolute Gasteiger partial charge is 0.495 e. The van der Waals surface area contributed by atoms with Crippen molar-refractivity contribution in [3.8, 4) is 5.75 Å². The summed E-state index contributed by atoms with van der Waals surface area (Å²) >= 11 is 0. The maximum atomic E-state index is 12.5. The molecule has 0 aliphatic rings. The molecular weight excluding hydrogens is 368 g/mol. The molecule has 0 unspecified atom stereocenters. The lowest BCUT2D eigenvalue weighted by atomic mass is 10.1. The average Bonchev–Trinajstić information content (AvgIpc) is 3.09. The summed E-state index contributed by atoms with van der Waals surface area (Å²) in [6.45, 7) is 1.55. The highest BCUT2D eigenvalue weighted by Crippen LogP contribution is 2.36. The van der Waals surface area contributed by atoms with Crippen molar-refractivity contribution in [1.82, 2.24) is 0 Å². The molecular formula is C23H20N2O4. The zero-order chi connectivity index (χ0) is 20.4. The van der Waals surface area contributed by atoms with Gasteiger partial charge >= 0.3 is 0 Å². The van der Waals surface area contributed by atoms with Gasteiger partial charge in [-0.05, 0) is 31.2 Å². The van der Waals surface area contributed by atoms with Gasteiger partial charge in [0.25, 0.3) is 0 Å². The van der Waals surface area contributed by atoms with Gasteiger partial charge in [0.15, 0.2) is 5.78 Å². The van der Waals surface area contributed by atoms with Gasteiger partial charge in [0.1, 0.15) is 16.9 Å². The van der Waals surface area contributed by atoms with Gasteiger partial charge < -0.3 is 19.8 Å². The number of ketones is 1. The summed E-state index contributed by atoms with van der Waals surface area (Å²) in [7, 11) is 1.56. The smallest absolute Gasteiger partial charge is 0.243 e. The molecule has 0 bridgehead atoms. The minimum absolute atomic E-state index is 0.0259. The molecule has 0 saturated heterocycles. The number of anilines is 2. The van der Waals surface area contributed by atoms with Gasteiger partial charge in [-0.1, -0.05) is 30.3 Å². The van der Waals surface area contributed by atoms with E-state index < -0.39 is 0 Å². The second kappa shape index (κ2) is 7.67. The fraction of sp³-hybridized carbons (Fsp3) is 0.130. The molecule has 2 N–H and O–H groups in total. The first-order valence-corrected chi connectivity index (χ1v) is 9.19. The lowest BCUT2D eigenvalue weighted by Crippen LogP contribution is -2.22. The van der Waals surface area contributed by atoms with Crippen molar-refractivity contribution in [2.24, 2.45) is 0 Å². The number of amides is 1. The number of hydrogen-bond acceptors (Lipinski definition) is 5. The van der Waals surface area contributed by atoms with Crippen LogP contribution < -0.4 is 15.4 Å². The molecule has 0 aliphatic carbocycles. The third-order valence-electron chi connectivity index (χ3n) is 4.70. The molecule has 0 aliphatic heterocycles. The van der Waals surface area contributed by atoms with Crippen molar-refractivity contribution in [1.29, 1.82) is 0 Å². The minimum Gasteiger partial charge on any atom is -0.495 e. The van der Waals surface area contributed by atoms with Crippen LogP contribution in [0.1, 0.15) is 17.3 Å². The summed E-state index contributed by atoms with van der Waals surface area (Å²) in [5.41, 5.74) is 3.27. The van der Waals surface area contributed by atoms with Crippen LogP contribution in [0.5, 0.6) is 5.75 Å². The zero-order valence-electron chi connectivity index (χ0n) is 16.1. The number of benzene rings is 3. The van der Waals surface area contributed by atoms with Crippen molar-refractivity contribution in [2.75, 3.05) is 24.3 Å². The Morgan fingerprint density at radius 1 is 0.966 bits per heavy atom. The Bertz CT molecular complexity index is 1230. The van der Waals surface area contributed by atoms with Crippen LogP contribution in [0.4, 0.5) is 11.4 Å². The Balaban J connectivity index is 1.53. The number of nitrogens with one attached hydrogen (secondary N) is 2. The van der Waals surface area contributed by atoms with Crippen molar-refractivity contribution in [3.63, 3.8) is 0 Å². The molecule has 4 aromatic rings. The monoisotopic (exact) mass is 388 g/mol. The fourth-order valence-electron chi connectivity index (χ4n) is 3.24. The topological polar surface area (TPSA) is 80.6 Å². The number of para-hydroxylation sites is 1. The van der Waals surface area contributed by atoms with Gasteiger partial charge in [-0.15, -0.1) is 0 Å². The maximum absolute atomic E-state index is 12.5. The summed E-state index contributed by atoms with van der Waals surface area (Å²) in [5.74, 6) is 0.282. The summed E-state index contributed by atoms with van der Waals surface area (Å²) in [6, 6.07) is 18.4. The average molecular weight is 388 g/mol. The maximum Gasteiger partial charge on any atom is 0.243 e. The minimum atomic E-state index is -0.244. The predicted octanol–water partition coefficient (Wildman–Crippen LogP) is 4.85. The molecule has 0 spiro atoms. The van der Waals surface area contributed by atoms with E-state index in [-0.39, 0.29) is 18.2 Å². The normalized spacial score (nSPS) is 10.8. The lowest BCUT2D eigenvalue weighted by Gasteiger charge is -2.11. The van der Waals surface area contributed by atoms with Crippen LogP contribution in [-0.4, -0.2) is 25.3 Å². The molecule has 3 aromatic carbocycles. The summed E-state index contributed by atoms with van der Waals surface area (Å²) in [4.78, 5) is 23.9. The number of carbonyl (C=O) groups excluding carboxylic acids is 2. The first-order valence-electron chi connectivity index (χ1n) is 9.19. The highest BCUT2D eigenvalue weighted by Gasteiger charge is 2.14. The van der Waals surface area contributed by atoms with Gasteiger partial charge in [-0.25, -0.2) is 0 Å². The lowest BCUT2D eigenvalue weighted by molar-refractivity contribution is -0.114. The Morgan fingerprint density at radius 2 is 1.79 bits per heavy atom. The standard InChI is InChI=1S/C23H20N2O4/c1-14(26)15-6-5-7-16(10-15)24-13-23(27)25-19-12-21-18(11-22(19)28-2)17-8-3-4-9-20(17)29-21/h3-12,24H,13H2,1-2H3,(H,25,27). The highest BCUT2D eigenvalue weighted by molar-refractivity contribution is 6.08. The Morgan fingerprint density at radius 3 is 2.59 bits per heavy atom. The van der Waals surface area contributed by atoms with E-state index in [1.165, 1.54) is 6.92 Å². The number of rotatable bonds is 6. The van der Waals surface area contributed by atoms with Crippen LogP contribution in [0.15, 0.2) is 65.1 Å². The van der Waals surface area contributed by atoms with Crippen molar-refractivity contribution < 1.29 is 18.7 Å². The number of Topliss-reactive ketones (excluding diaryl/α,β-unsaturated/α-hetero) is 1. The van der Waals surface area contributed by atoms with Crippen LogP contribution in [0.2, 0.25) is 0 Å². The van der Waals surface area contributed by atoms with Gasteiger partial charge in [0.05, 0.1) is 19.3 Å². The van der Waals surface area contributed by atoms with Crippen molar-refractivity contribution in [2.45, 2.75) is 6.92 Å². The molecule has 146 valence electrons. The molecule has 4 rings (SSSR count). The molecule has 1 aromatic heterocycles. The van der Waals surface area contributed by atoms with Crippen LogP contribution in [0, 0.1) is 0 Å². The molecule has 29 heavy (non-hydrogen) atoms. The molecule has 0 fully saturated rings. The molecule has 0 radical (unpaired) electrons. The van der Waals surface area contributed by atoms with Crippen molar-refractivity contribution >= 4 is 45.0 Å². The van der Waals surface area contributed by atoms with Crippen molar-refractivity contribution in [3.05, 3.63) is 66.2 Å². The highest BCUT2D eigenvalue weighted by atomic mass is 16.5. The Hall–Kier alpha value is -3.80. The van der Waals surface area contributed by atoms with Crippen LogP contribution in [0.3, 0.4) is 0 Å². The van der Waals surface area contributed by atoms with E-state index in [1.807, 2.05) is 30.3 Å². The van der Waals surface area contributed by atoms with Gasteiger partial charge in [0, 0.05) is 28.1 Å². The number of methoxy groups -OCH3 is 1. The van der Waals surface area contributed by atoms with E-state index in [0.29, 0.717) is 28.3 Å². The van der Waals surface area contributed by atoms with E-state index in [9.17, 15) is 9.59 Å². The molecule has 1 amide bonds. The molecule has 6 nitrogen and oxygen atoms in total. The van der Waals surface area contributed by atoms with E-state index in [2.05, 4.69) is 10.6 Å². The van der Waals surface area contributed by atoms with Crippen LogP contribution in [-0.2, 0) is 4.79 Å². The first-order chi connectivity index (χ1) is 14.0. The summed E-state index contributed by atoms with van der Waals surface area (Å²) in [6.07, 6.45) is 0. The van der Waals surface area contributed by atoms with Crippen LogP contribution >= 0.6 is 0 Å². The van der Waals surface area contributed by atoms with Crippen LogP contribution in [0.25, 0.3) is 21.9 Å². The second-order valence-corrected chi connectivity index (χ2v) is 6.69. The first kappa shape index (κ1) is 18.6. The molecule has 0 atom stereocenters. The fourth-order valence-corrected chi connectivity index (χ4v) is 3.24. The number of carbonyl (C=O) groups is 2. The van der Waals surface area contributed by atoms with E-state index in [0.717, 1.165) is 16.4 Å². The second-order valence-electron chi connectivity index (χ2n) is 6.69. The molecule has 0 saturated carbocycles. The predicted molar refractivity (Wildman–Crippen MR) is 114 cm³/mol. The van der Waals surface area contributed by atoms with Gasteiger partial charge in [-0.3, -0.25) is 9.59 Å². The quantitative estimate of drug-likeness (QED) is 0.462. The third-order valence-corrected chi connectivity index (χ3v) is 4.70. The SMILES string of the molecule is COc1cc2c(cc1NC(=O)CNc1cccc(C(C)=O)c1)oc1ccccc12. The Kier molecular flexibility index (Phi) is 4.91. The number of fused-ring (bicyclic) bond motifs is 3. The van der Waals surface area contributed by atoms with E-state index >= 15 is 0 Å².